The summed E-state index contributed by atoms with van der Waals surface area (Å²) in [4.78, 5) is 50.2. The molecular weight excluding hydrogens is 398 g/mol. The number of carbonyl (C=O) groups is 4. The zero-order valence-corrected chi connectivity index (χ0v) is 17.5. The van der Waals surface area contributed by atoms with E-state index in [4.69, 9.17) is 4.74 Å². The number of nitrogens with zero attached hydrogens (tertiary/aromatic N) is 1. The van der Waals surface area contributed by atoms with Gasteiger partial charge in [-0.3, -0.25) is 19.3 Å². The van der Waals surface area contributed by atoms with Gasteiger partial charge >= 0.3 is 6.09 Å². The van der Waals surface area contributed by atoms with E-state index >= 15 is 0 Å². The molecule has 0 spiro atoms. The average Bonchev–Trinajstić information content (AvgIpc) is 3.00. The molecule has 0 atom stereocenters. The van der Waals surface area contributed by atoms with Crippen LogP contribution >= 0.6 is 0 Å². The molecule has 0 saturated carbocycles. The molecule has 31 heavy (non-hydrogen) atoms. The minimum atomic E-state index is -0.579. The van der Waals surface area contributed by atoms with E-state index in [0.717, 1.165) is 5.56 Å². The lowest BCUT2D eigenvalue weighted by atomic mass is 10.1. The number of hydrogen-bond acceptors (Lipinski definition) is 5. The highest BCUT2D eigenvalue weighted by molar-refractivity contribution is 6.22. The predicted octanol–water partition coefficient (Wildman–Crippen LogP) is 2.59. The summed E-state index contributed by atoms with van der Waals surface area (Å²) in [6, 6.07) is 13.8. The van der Waals surface area contributed by atoms with Gasteiger partial charge in [-0.1, -0.05) is 44.2 Å². The molecule has 8 heteroatoms. The van der Waals surface area contributed by atoms with Gasteiger partial charge in [0.15, 0.2) is 0 Å². The lowest BCUT2D eigenvalue weighted by Gasteiger charge is -2.15. The second-order valence-corrected chi connectivity index (χ2v) is 7.62. The van der Waals surface area contributed by atoms with Gasteiger partial charge in [0.25, 0.3) is 17.7 Å². The molecule has 1 heterocycles. The Morgan fingerprint density at radius 2 is 1.61 bits per heavy atom. The fraction of sp³-hybridized carbons (Fsp3) is 0.304. The van der Waals surface area contributed by atoms with E-state index in [2.05, 4.69) is 10.6 Å². The predicted molar refractivity (Wildman–Crippen MR) is 114 cm³/mol. The molecule has 4 amide bonds. The fourth-order valence-corrected chi connectivity index (χ4v) is 3.18. The van der Waals surface area contributed by atoms with Crippen LogP contribution in [0.3, 0.4) is 0 Å². The summed E-state index contributed by atoms with van der Waals surface area (Å²) < 4.78 is 5.09. The van der Waals surface area contributed by atoms with Crippen molar-refractivity contribution in [1.82, 2.24) is 15.5 Å². The van der Waals surface area contributed by atoms with Gasteiger partial charge in [0.1, 0.15) is 6.61 Å². The first-order valence-electron chi connectivity index (χ1n) is 10.1. The highest BCUT2D eigenvalue weighted by atomic mass is 16.5. The summed E-state index contributed by atoms with van der Waals surface area (Å²) in [5.74, 6) is -0.966. The van der Waals surface area contributed by atoms with Crippen LogP contribution in [0.5, 0.6) is 0 Å². The van der Waals surface area contributed by atoms with Crippen molar-refractivity contribution in [2.45, 2.75) is 20.5 Å². The third kappa shape index (κ3) is 5.48. The van der Waals surface area contributed by atoms with E-state index in [9.17, 15) is 19.2 Å². The molecule has 0 saturated heterocycles. The zero-order chi connectivity index (χ0) is 22.4. The third-order valence-electron chi connectivity index (χ3n) is 4.67. The van der Waals surface area contributed by atoms with Crippen molar-refractivity contribution in [3.63, 3.8) is 0 Å². The molecule has 0 aromatic heterocycles. The van der Waals surface area contributed by atoms with Gasteiger partial charge in [-0.05, 0) is 29.7 Å². The average molecular weight is 423 g/mol. The number of amides is 4. The monoisotopic (exact) mass is 423 g/mol. The van der Waals surface area contributed by atoms with Crippen molar-refractivity contribution in [3.8, 4) is 0 Å². The number of alkyl carbamates (subject to hydrolysis) is 1. The molecule has 0 aliphatic carbocycles. The summed E-state index contributed by atoms with van der Waals surface area (Å²) >= 11 is 0. The maximum Gasteiger partial charge on any atom is 0.407 e. The van der Waals surface area contributed by atoms with Gasteiger partial charge in [-0.2, -0.15) is 0 Å². The lowest BCUT2D eigenvalue weighted by Crippen LogP contribution is -2.35. The third-order valence-corrected chi connectivity index (χ3v) is 4.67. The van der Waals surface area contributed by atoms with Crippen LogP contribution in [0.2, 0.25) is 0 Å². The van der Waals surface area contributed by atoms with Crippen LogP contribution in [-0.2, 0) is 11.3 Å². The molecule has 0 fully saturated rings. The number of carbonyl (C=O) groups excluding carboxylic acids is 4. The number of rotatable bonds is 8. The van der Waals surface area contributed by atoms with Crippen molar-refractivity contribution < 1.29 is 23.9 Å². The van der Waals surface area contributed by atoms with Gasteiger partial charge < -0.3 is 15.4 Å². The highest BCUT2D eigenvalue weighted by Gasteiger charge is 2.36. The van der Waals surface area contributed by atoms with Gasteiger partial charge in [0.05, 0.1) is 11.1 Å². The van der Waals surface area contributed by atoms with E-state index < -0.39 is 12.0 Å². The van der Waals surface area contributed by atoms with Crippen LogP contribution in [0.15, 0.2) is 48.5 Å². The maximum atomic E-state index is 12.5. The molecule has 2 aromatic carbocycles. The van der Waals surface area contributed by atoms with Crippen LogP contribution < -0.4 is 10.6 Å². The van der Waals surface area contributed by atoms with Crippen molar-refractivity contribution in [2.24, 2.45) is 5.92 Å². The number of nitrogens with one attached hydrogen (secondary N) is 2. The second kappa shape index (κ2) is 9.88. The van der Waals surface area contributed by atoms with Crippen molar-refractivity contribution >= 4 is 23.8 Å². The standard InChI is InChI=1S/C23H25N3O5/c1-15(2)13-26-21(28)18-9-8-17(12-19(18)22(26)29)20(27)24-10-11-25-23(30)31-14-16-6-4-3-5-7-16/h3-9,12,15H,10-11,13-14H2,1-2H3,(H,24,27)(H,25,30). The van der Waals surface area contributed by atoms with Crippen LogP contribution in [0, 0.1) is 5.92 Å². The first kappa shape index (κ1) is 22.0. The number of ether oxygens (including phenoxy) is 1. The molecule has 2 aromatic rings. The summed E-state index contributed by atoms with van der Waals surface area (Å²) in [7, 11) is 0. The lowest BCUT2D eigenvalue weighted by molar-refractivity contribution is 0.0636. The smallest absolute Gasteiger partial charge is 0.407 e. The Kier molecular flexibility index (Phi) is 7.02. The Morgan fingerprint density at radius 1 is 0.935 bits per heavy atom. The molecule has 1 aliphatic rings. The van der Waals surface area contributed by atoms with Crippen LogP contribution in [0.25, 0.3) is 0 Å². The Labute approximate surface area is 180 Å². The van der Waals surface area contributed by atoms with E-state index in [1.165, 1.54) is 23.1 Å². The Balaban J connectivity index is 1.46. The van der Waals surface area contributed by atoms with E-state index in [0.29, 0.717) is 12.1 Å². The van der Waals surface area contributed by atoms with Crippen LogP contribution in [0.1, 0.15) is 50.5 Å². The second-order valence-electron chi connectivity index (χ2n) is 7.62. The first-order chi connectivity index (χ1) is 14.9. The molecule has 162 valence electrons. The van der Waals surface area contributed by atoms with Crippen molar-refractivity contribution in [2.75, 3.05) is 19.6 Å². The molecule has 2 N–H and O–H groups in total. The number of benzene rings is 2. The van der Waals surface area contributed by atoms with Gasteiger partial charge in [-0.15, -0.1) is 0 Å². The molecule has 8 nitrogen and oxygen atoms in total. The number of hydrogen-bond donors (Lipinski definition) is 2. The van der Waals surface area contributed by atoms with Crippen molar-refractivity contribution in [3.05, 3.63) is 70.8 Å². The summed E-state index contributed by atoms with van der Waals surface area (Å²) in [6.07, 6.45) is -0.579. The fourth-order valence-electron chi connectivity index (χ4n) is 3.18. The van der Waals surface area contributed by atoms with Crippen LogP contribution in [-0.4, -0.2) is 48.3 Å². The van der Waals surface area contributed by atoms with Crippen LogP contribution in [0.4, 0.5) is 4.79 Å². The van der Waals surface area contributed by atoms with Gasteiger partial charge in [-0.25, -0.2) is 4.79 Å². The maximum absolute atomic E-state index is 12.5. The number of fused-ring (bicyclic) bond motifs is 1. The molecule has 0 radical (unpaired) electrons. The Hall–Kier alpha value is -3.68. The van der Waals surface area contributed by atoms with E-state index in [-0.39, 0.29) is 48.6 Å². The minimum Gasteiger partial charge on any atom is -0.445 e. The Morgan fingerprint density at radius 3 is 2.32 bits per heavy atom. The SMILES string of the molecule is CC(C)CN1C(=O)c2ccc(C(=O)NCCNC(=O)OCc3ccccc3)cc2C1=O. The normalized spacial score (nSPS) is 12.7. The van der Waals surface area contributed by atoms with Gasteiger partial charge in [0.2, 0.25) is 0 Å². The van der Waals surface area contributed by atoms with E-state index in [1.807, 2.05) is 44.2 Å². The quantitative estimate of drug-likeness (QED) is 0.502. The molecule has 1 aliphatic heterocycles. The minimum absolute atomic E-state index is 0.150. The zero-order valence-electron chi connectivity index (χ0n) is 17.5. The van der Waals surface area contributed by atoms with Crippen molar-refractivity contribution in [1.29, 1.82) is 0 Å². The topological polar surface area (TPSA) is 105 Å². The number of imide groups is 1. The molecule has 3 rings (SSSR count). The summed E-state index contributed by atoms with van der Waals surface area (Å²) in [5.41, 5.74) is 1.70. The molecule has 0 bridgehead atoms. The summed E-state index contributed by atoms with van der Waals surface area (Å²) in [5, 5.41) is 5.23. The molecule has 0 unspecified atom stereocenters. The first-order valence-corrected chi connectivity index (χ1v) is 10.1. The highest BCUT2D eigenvalue weighted by Crippen LogP contribution is 2.24. The Bertz CT molecular complexity index is 988. The summed E-state index contributed by atoms with van der Waals surface area (Å²) in [6.45, 7) is 4.71. The van der Waals surface area contributed by atoms with E-state index in [1.54, 1.807) is 0 Å². The largest absolute Gasteiger partial charge is 0.445 e. The van der Waals surface area contributed by atoms with Gasteiger partial charge in [0, 0.05) is 25.2 Å². The molecular formula is C23H25N3O5.